The standard InChI is InChI=1S/C21H16INO4/c22-17-10-8-16(9-11-17)20(24)23-19(13-15-5-2-1-3-6-15)21(25)27-14-18-7-4-12-26-18/h1-13H,14H2,(H,23,24)/b19-13-. The quantitative estimate of drug-likeness (QED) is 0.328. The molecular formula is C21H16INO4. The van der Waals surface area contributed by atoms with Crippen molar-refractivity contribution < 1.29 is 18.7 Å². The summed E-state index contributed by atoms with van der Waals surface area (Å²) >= 11 is 2.16. The van der Waals surface area contributed by atoms with Crippen LogP contribution in [0.25, 0.3) is 6.08 Å². The molecule has 0 atom stereocenters. The molecule has 0 saturated carbocycles. The summed E-state index contributed by atoms with van der Waals surface area (Å²) in [5.74, 6) is -0.510. The number of ether oxygens (including phenoxy) is 1. The number of hydrogen-bond donors (Lipinski definition) is 1. The van der Waals surface area contributed by atoms with Gasteiger partial charge in [0.15, 0.2) is 0 Å². The van der Waals surface area contributed by atoms with Crippen LogP contribution in [-0.2, 0) is 16.1 Å². The van der Waals surface area contributed by atoms with Gasteiger partial charge in [-0.25, -0.2) is 4.79 Å². The number of esters is 1. The van der Waals surface area contributed by atoms with E-state index in [1.807, 2.05) is 42.5 Å². The van der Waals surface area contributed by atoms with E-state index in [-0.39, 0.29) is 18.2 Å². The van der Waals surface area contributed by atoms with Gasteiger partial charge >= 0.3 is 5.97 Å². The van der Waals surface area contributed by atoms with E-state index < -0.39 is 5.97 Å². The maximum Gasteiger partial charge on any atom is 0.355 e. The summed E-state index contributed by atoms with van der Waals surface area (Å²) in [5, 5.41) is 2.65. The molecule has 0 saturated heterocycles. The third kappa shape index (κ3) is 5.55. The predicted molar refractivity (Wildman–Crippen MR) is 110 cm³/mol. The van der Waals surface area contributed by atoms with E-state index in [2.05, 4.69) is 27.9 Å². The zero-order chi connectivity index (χ0) is 19.1. The van der Waals surface area contributed by atoms with Gasteiger partial charge in [0, 0.05) is 9.13 Å². The van der Waals surface area contributed by atoms with Crippen LogP contribution in [0.1, 0.15) is 21.7 Å². The van der Waals surface area contributed by atoms with Crippen molar-refractivity contribution in [2.75, 3.05) is 0 Å². The molecule has 1 N–H and O–H groups in total. The third-order valence-electron chi connectivity index (χ3n) is 3.61. The first-order valence-electron chi connectivity index (χ1n) is 8.15. The van der Waals surface area contributed by atoms with Crippen LogP contribution in [0.3, 0.4) is 0 Å². The maximum absolute atomic E-state index is 12.5. The fraction of sp³-hybridized carbons (Fsp3) is 0.0476. The van der Waals surface area contributed by atoms with E-state index in [4.69, 9.17) is 9.15 Å². The van der Waals surface area contributed by atoms with Crippen LogP contribution in [0.2, 0.25) is 0 Å². The Bertz CT molecular complexity index is 932. The Morgan fingerprint density at radius 2 is 1.74 bits per heavy atom. The van der Waals surface area contributed by atoms with Gasteiger partial charge in [-0.1, -0.05) is 30.3 Å². The second-order valence-electron chi connectivity index (χ2n) is 5.59. The lowest BCUT2D eigenvalue weighted by atomic mass is 10.1. The Morgan fingerprint density at radius 1 is 1.00 bits per heavy atom. The number of benzene rings is 2. The number of nitrogens with one attached hydrogen (secondary N) is 1. The van der Waals surface area contributed by atoms with Gasteiger partial charge in [-0.15, -0.1) is 0 Å². The Hall–Kier alpha value is -2.87. The Balaban J connectivity index is 1.78. The van der Waals surface area contributed by atoms with Gasteiger partial charge in [0.1, 0.15) is 18.1 Å². The van der Waals surface area contributed by atoms with Gasteiger partial charge in [-0.05, 0) is 70.6 Å². The van der Waals surface area contributed by atoms with Crippen LogP contribution in [0.15, 0.2) is 83.1 Å². The smallest absolute Gasteiger partial charge is 0.355 e. The largest absolute Gasteiger partial charge is 0.466 e. The summed E-state index contributed by atoms with van der Waals surface area (Å²) in [7, 11) is 0. The molecule has 0 aliphatic carbocycles. The predicted octanol–water partition coefficient (Wildman–Crippen LogP) is 4.40. The van der Waals surface area contributed by atoms with E-state index in [0.717, 1.165) is 9.13 Å². The molecule has 0 aliphatic heterocycles. The summed E-state index contributed by atoms with van der Waals surface area (Å²) in [6.45, 7) is -0.0165. The molecule has 1 aromatic heterocycles. The van der Waals surface area contributed by atoms with Crippen LogP contribution in [0.4, 0.5) is 0 Å². The second-order valence-corrected chi connectivity index (χ2v) is 6.83. The normalized spacial score (nSPS) is 11.1. The molecule has 0 unspecified atom stereocenters. The fourth-order valence-electron chi connectivity index (χ4n) is 2.27. The number of rotatable bonds is 6. The minimum atomic E-state index is -0.644. The van der Waals surface area contributed by atoms with Crippen molar-refractivity contribution in [2.24, 2.45) is 0 Å². The lowest BCUT2D eigenvalue weighted by molar-refractivity contribution is -0.141. The minimum Gasteiger partial charge on any atom is -0.466 e. The van der Waals surface area contributed by atoms with E-state index in [0.29, 0.717) is 11.3 Å². The van der Waals surface area contributed by atoms with E-state index in [1.54, 1.807) is 30.3 Å². The highest BCUT2D eigenvalue weighted by Crippen LogP contribution is 2.11. The van der Waals surface area contributed by atoms with Crippen molar-refractivity contribution in [1.29, 1.82) is 0 Å². The van der Waals surface area contributed by atoms with Crippen molar-refractivity contribution in [3.05, 3.63) is 99.1 Å². The van der Waals surface area contributed by atoms with Crippen molar-refractivity contribution >= 4 is 40.5 Å². The van der Waals surface area contributed by atoms with E-state index in [9.17, 15) is 9.59 Å². The third-order valence-corrected chi connectivity index (χ3v) is 4.33. The first-order chi connectivity index (χ1) is 13.1. The summed E-state index contributed by atoms with van der Waals surface area (Å²) in [5.41, 5.74) is 1.27. The van der Waals surface area contributed by atoms with Gasteiger partial charge in [-0.2, -0.15) is 0 Å². The Morgan fingerprint density at radius 3 is 2.41 bits per heavy atom. The van der Waals surface area contributed by atoms with E-state index >= 15 is 0 Å². The molecule has 1 amide bonds. The first kappa shape index (κ1) is 18.9. The zero-order valence-corrected chi connectivity index (χ0v) is 16.4. The first-order valence-corrected chi connectivity index (χ1v) is 9.23. The molecule has 3 aromatic rings. The SMILES string of the molecule is O=C(OCc1ccco1)/C(=C/c1ccccc1)NC(=O)c1ccc(I)cc1. The monoisotopic (exact) mass is 473 g/mol. The summed E-state index contributed by atoms with van der Waals surface area (Å²) in [6, 6.07) is 19.7. The average Bonchev–Trinajstić information content (AvgIpc) is 3.20. The Kier molecular flexibility index (Phi) is 6.43. The van der Waals surface area contributed by atoms with E-state index in [1.165, 1.54) is 6.26 Å². The lowest BCUT2D eigenvalue weighted by Gasteiger charge is -2.10. The molecule has 0 aliphatic rings. The molecule has 3 rings (SSSR count). The summed E-state index contributed by atoms with van der Waals surface area (Å²) in [6.07, 6.45) is 3.08. The molecule has 2 aromatic carbocycles. The van der Waals surface area contributed by atoms with Crippen molar-refractivity contribution in [3.63, 3.8) is 0 Å². The highest BCUT2D eigenvalue weighted by Gasteiger charge is 2.16. The molecular weight excluding hydrogens is 457 g/mol. The highest BCUT2D eigenvalue weighted by atomic mass is 127. The van der Waals surface area contributed by atoms with Gasteiger partial charge in [0.25, 0.3) is 5.91 Å². The molecule has 0 fully saturated rings. The van der Waals surface area contributed by atoms with Crippen molar-refractivity contribution in [3.8, 4) is 0 Å². The van der Waals surface area contributed by atoms with Gasteiger partial charge in [0.05, 0.1) is 6.26 Å². The van der Waals surface area contributed by atoms with Gasteiger partial charge in [0.2, 0.25) is 0 Å². The van der Waals surface area contributed by atoms with Gasteiger partial charge < -0.3 is 14.5 Å². The second kappa shape index (κ2) is 9.18. The molecule has 0 spiro atoms. The molecule has 136 valence electrons. The lowest BCUT2D eigenvalue weighted by Crippen LogP contribution is -2.28. The molecule has 1 heterocycles. The number of halogens is 1. The molecule has 0 bridgehead atoms. The number of furan rings is 1. The molecule has 6 heteroatoms. The van der Waals surface area contributed by atoms with Gasteiger partial charge in [-0.3, -0.25) is 4.79 Å². The van der Waals surface area contributed by atoms with Crippen molar-refractivity contribution in [2.45, 2.75) is 6.61 Å². The number of carbonyl (C=O) groups is 2. The number of carbonyl (C=O) groups excluding carboxylic acids is 2. The van der Waals surface area contributed by atoms with Crippen LogP contribution in [-0.4, -0.2) is 11.9 Å². The topological polar surface area (TPSA) is 68.5 Å². The fourth-order valence-corrected chi connectivity index (χ4v) is 2.63. The molecule has 0 radical (unpaired) electrons. The zero-order valence-electron chi connectivity index (χ0n) is 14.2. The van der Waals surface area contributed by atoms with Crippen LogP contribution < -0.4 is 5.32 Å². The van der Waals surface area contributed by atoms with Crippen LogP contribution in [0, 0.1) is 3.57 Å². The van der Waals surface area contributed by atoms with Crippen LogP contribution >= 0.6 is 22.6 Å². The number of hydrogen-bond acceptors (Lipinski definition) is 4. The van der Waals surface area contributed by atoms with Crippen LogP contribution in [0.5, 0.6) is 0 Å². The maximum atomic E-state index is 12.5. The molecule has 27 heavy (non-hydrogen) atoms. The number of amides is 1. The summed E-state index contributed by atoms with van der Waals surface area (Å²) in [4.78, 5) is 25.0. The molecule has 5 nitrogen and oxygen atoms in total. The Labute approximate surface area is 170 Å². The highest BCUT2D eigenvalue weighted by molar-refractivity contribution is 14.1. The minimum absolute atomic E-state index is 0.0165. The summed E-state index contributed by atoms with van der Waals surface area (Å²) < 4.78 is 11.4. The average molecular weight is 473 g/mol. The van der Waals surface area contributed by atoms with Crippen molar-refractivity contribution in [1.82, 2.24) is 5.32 Å².